The molecular weight excluding hydrogens is 428 g/mol. The molecule has 8 nitrogen and oxygen atoms in total. The Kier molecular flexibility index (Phi) is 4.77. The van der Waals surface area contributed by atoms with Gasteiger partial charge in [-0.3, -0.25) is 9.59 Å². The van der Waals surface area contributed by atoms with Crippen molar-refractivity contribution >= 4 is 33.1 Å². The highest BCUT2D eigenvalue weighted by Gasteiger charge is 2.39. The Labute approximate surface area is 186 Å². The third-order valence-corrected chi connectivity index (χ3v) is 8.08. The molecule has 9 heteroatoms. The fourth-order valence-electron chi connectivity index (χ4n) is 4.33. The Bertz CT molecular complexity index is 1320. The van der Waals surface area contributed by atoms with Crippen LogP contribution in [0.15, 0.2) is 64.6 Å². The molecule has 2 aromatic carbocycles. The number of piperazine rings is 1. The Morgan fingerprint density at radius 1 is 0.875 bits per heavy atom. The summed E-state index contributed by atoms with van der Waals surface area (Å²) in [5.74, 6) is -0.725. The molecule has 2 heterocycles. The number of nitrogens with one attached hydrogen (secondary N) is 1. The van der Waals surface area contributed by atoms with Crippen molar-refractivity contribution in [1.82, 2.24) is 14.5 Å². The summed E-state index contributed by atoms with van der Waals surface area (Å²) in [6.07, 6.45) is 0. The second kappa shape index (κ2) is 7.40. The second-order valence-electron chi connectivity index (χ2n) is 8.10. The molecule has 0 radical (unpaired) electrons. The highest BCUT2D eigenvalue weighted by atomic mass is 32.2. The molecule has 3 N–H and O–H groups in total. The first-order valence-electron chi connectivity index (χ1n) is 10.3. The minimum absolute atomic E-state index is 0.165. The van der Waals surface area contributed by atoms with E-state index in [0.717, 1.165) is 0 Å². The van der Waals surface area contributed by atoms with Gasteiger partial charge in [-0.05, 0) is 24.7 Å². The van der Waals surface area contributed by atoms with E-state index in [1.54, 1.807) is 36.4 Å². The normalized spacial score (nSPS) is 19.8. The number of fused-ring (bicyclic) bond motifs is 2. The first-order chi connectivity index (χ1) is 15.3. The molecule has 1 saturated heterocycles. The van der Waals surface area contributed by atoms with Gasteiger partial charge in [0.2, 0.25) is 10.0 Å². The van der Waals surface area contributed by atoms with E-state index in [1.807, 2.05) is 7.05 Å². The Balaban J connectivity index is 1.53. The number of hydrogen-bond donors (Lipinski definition) is 2. The van der Waals surface area contributed by atoms with Crippen LogP contribution < -0.4 is 11.1 Å². The van der Waals surface area contributed by atoms with Gasteiger partial charge >= 0.3 is 0 Å². The highest BCUT2D eigenvalue weighted by molar-refractivity contribution is 7.89. The summed E-state index contributed by atoms with van der Waals surface area (Å²) >= 11 is 0. The number of benzene rings is 2. The van der Waals surface area contributed by atoms with Gasteiger partial charge in [0.25, 0.3) is 5.91 Å². The van der Waals surface area contributed by atoms with Gasteiger partial charge in [0.1, 0.15) is 0 Å². The van der Waals surface area contributed by atoms with E-state index in [0.29, 0.717) is 48.6 Å². The molecule has 32 heavy (non-hydrogen) atoms. The summed E-state index contributed by atoms with van der Waals surface area (Å²) in [5, 5.41) is 2.75. The van der Waals surface area contributed by atoms with Crippen LogP contribution in [0.2, 0.25) is 0 Å². The van der Waals surface area contributed by atoms with Gasteiger partial charge in [-0.25, -0.2) is 8.42 Å². The summed E-state index contributed by atoms with van der Waals surface area (Å²) in [7, 11) is -1.65. The first kappa shape index (κ1) is 20.6. The number of ketones is 1. The Morgan fingerprint density at radius 2 is 1.50 bits per heavy atom. The fourth-order valence-corrected chi connectivity index (χ4v) is 5.76. The maximum absolute atomic E-state index is 13.2. The van der Waals surface area contributed by atoms with E-state index in [9.17, 15) is 18.0 Å². The van der Waals surface area contributed by atoms with Gasteiger partial charge in [-0.2, -0.15) is 4.31 Å². The van der Waals surface area contributed by atoms with Gasteiger partial charge in [0.05, 0.1) is 27.4 Å². The largest absolute Gasteiger partial charge is 0.398 e. The molecule has 2 aliphatic heterocycles. The van der Waals surface area contributed by atoms with E-state index in [1.165, 1.54) is 16.4 Å². The lowest BCUT2D eigenvalue weighted by atomic mass is 9.84. The monoisotopic (exact) mass is 450 g/mol. The molecule has 0 spiro atoms. The summed E-state index contributed by atoms with van der Waals surface area (Å²) in [6, 6.07) is 13.1. The van der Waals surface area contributed by atoms with Crippen LogP contribution in [0, 0.1) is 0 Å². The van der Waals surface area contributed by atoms with Crippen LogP contribution in [0.5, 0.6) is 0 Å². The summed E-state index contributed by atoms with van der Waals surface area (Å²) < 4.78 is 27.4. The Morgan fingerprint density at radius 3 is 2.16 bits per heavy atom. The molecule has 1 amide bonds. The highest BCUT2D eigenvalue weighted by Crippen LogP contribution is 2.39. The van der Waals surface area contributed by atoms with Crippen LogP contribution >= 0.6 is 0 Å². The Hall–Kier alpha value is -3.27. The maximum Gasteiger partial charge on any atom is 0.258 e. The predicted molar refractivity (Wildman–Crippen MR) is 120 cm³/mol. The maximum atomic E-state index is 13.2. The third-order valence-electron chi connectivity index (χ3n) is 6.17. The van der Waals surface area contributed by atoms with Crippen molar-refractivity contribution in [3.05, 3.63) is 76.4 Å². The van der Waals surface area contributed by atoms with Crippen molar-refractivity contribution in [3.8, 4) is 0 Å². The van der Waals surface area contributed by atoms with Crippen LogP contribution in [-0.4, -0.2) is 62.5 Å². The predicted octanol–water partition coefficient (Wildman–Crippen LogP) is 1.03. The summed E-state index contributed by atoms with van der Waals surface area (Å²) in [5.41, 5.74) is 8.76. The number of amides is 1. The van der Waals surface area contributed by atoms with Crippen molar-refractivity contribution in [3.63, 3.8) is 0 Å². The van der Waals surface area contributed by atoms with Crippen molar-refractivity contribution < 1.29 is 18.0 Å². The number of carbonyl (C=O) groups is 2. The molecule has 0 bridgehead atoms. The van der Waals surface area contributed by atoms with Crippen molar-refractivity contribution in [2.75, 3.05) is 33.2 Å². The number of carbonyl (C=O) groups excluding carboxylic acids is 2. The molecule has 0 aromatic heterocycles. The average Bonchev–Trinajstić information content (AvgIpc) is 3.15. The molecule has 1 fully saturated rings. The molecule has 0 unspecified atom stereocenters. The molecule has 0 saturated carbocycles. The van der Waals surface area contributed by atoms with Crippen LogP contribution in [0.25, 0.3) is 11.4 Å². The standard InChI is InChI=1S/C23H22N4O4S/c1-26-10-12-27(13-11-26)32(30,31)15-8-6-14(7-9-15)21-19-18(23(29)25-21)20(24)16-4-2-3-5-17(16)22(19)28/h2-9H,10-13,24H2,1H3,(H,25,29). The minimum Gasteiger partial charge on any atom is -0.398 e. The molecule has 0 atom stereocenters. The minimum atomic E-state index is -3.61. The van der Waals surface area contributed by atoms with Crippen molar-refractivity contribution in [2.24, 2.45) is 5.73 Å². The van der Waals surface area contributed by atoms with E-state index >= 15 is 0 Å². The number of Topliss-reactive ketones (excluding diaryl/α,β-unsaturated/α-hetero) is 1. The second-order valence-corrected chi connectivity index (χ2v) is 10.0. The summed E-state index contributed by atoms with van der Waals surface area (Å²) in [6.45, 7) is 2.24. The lowest BCUT2D eigenvalue weighted by molar-refractivity contribution is -0.115. The van der Waals surface area contributed by atoms with E-state index in [2.05, 4.69) is 10.2 Å². The fraction of sp³-hybridized carbons (Fsp3) is 0.217. The smallest absolute Gasteiger partial charge is 0.258 e. The number of likely N-dealkylation sites (N-methyl/N-ethyl adjacent to an activating group) is 1. The molecule has 164 valence electrons. The molecule has 3 aliphatic rings. The number of nitrogens with two attached hydrogens (primary N) is 1. The lowest BCUT2D eigenvalue weighted by Gasteiger charge is -2.31. The SMILES string of the molecule is CN1CCN(S(=O)(=O)c2ccc(C3=C4C(=O)c5ccccc5C(N)=C4C(=O)N3)cc2)CC1. The van der Waals surface area contributed by atoms with Crippen LogP contribution in [-0.2, 0) is 14.8 Å². The zero-order valence-electron chi connectivity index (χ0n) is 17.5. The van der Waals surface area contributed by atoms with Gasteiger partial charge in [0.15, 0.2) is 5.78 Å². The van der Waals surface area contributed by atoms with E-state index in [4.69, 9.17) is 5.73 Å². The van der Waals surface area contributed by atoms with E-state index < -0.39 is 15.9 Å². The van der Waals surface area contributed by atoms with Gasteiger partial charge in [0, 0.05) is 37.3 Å². The molecule has 2 aromatic rings. The van der Waals surface area contributed by atoms with Crippen LogP contribution in [0.4, 0.5) is 0 Å². The first-order valence-corrected chi connectivity index (χ1v) is 11.7. The van der Waals surface area contributed by atoms with Gasteiger partial charge < -0.3 is 16.0 Å². The van der Waals surface area contributed by atoms with Gasteiger partial charge in [-0.15, -0.1) is 0 Å². The van der Waals surface area contributed by atoms with Crippen LogP contribution in [0.1, 0.15) is 21.5 Å². The van der Waals surface area contributed by atoms with Gasteiger partial charge in [-0.1, -0.05) is 36.4 Å². The molecular formula is C23H22N4O4S. The number of sulfonamides is 1. The quantitative estimate of drug-likeness (QED) is 0.722. The molecule has 5 rings (SSSR count). The van der Waals surface area contributed by atoms with Crippen LogP contribution in [0.3, 0.4) is 0 Å². The number of nitrogens with zero attached hydrogens (tertiary/aromatic N) is 2. The number of hydrogen-bond acceptors (Lipinski definition) is 6. The average molecular weight is 451 g/mol. The zero-order valence-corrected chi connectivity index (χ0v) is 18.3. The van der Waals surface area contributed by atoms with Crippen molar-refractivity contribution in [2.45, 2.75) is 4.90 Å². The third kappa shape index (κ3) is 3.09. The van der Waals surface area contributed by atoms with E-state index in [-0.39, 0.29) is 27.5 Å². The topological polar surface area (TPSA) is 113 Å². The molecule has 1 aliphatic carbocycles. The summed E-state index contributed by atoms with van der Waals surface area (Å²) in [4.78, 5) is 28.1. The zero-order chi connectivity index (χ0) is 22.6. The number of rotatable bonds is 3. The van der Waals surface area contributed by atoms with Crippen molar-refractivity contribution in [1.29, 1.82) is 0 Å². The lowest BCUT2D eigenvalue weighted by Crippen LogP contribution is -2.46.